The monoisotopic (exact) mass is 1590 g/mol. The van der Waals surface area contributed by atoms with Crippen molar-refractivity contribution >= 4 is 82.5 Å². The number of hydrogen-bond donors (Lipinski definition) is 5. The van der Waals surface area contributed by atoms with Crippen LogP contribution in [0.15, 0.2) is 35.5 Å². The third-order valence-electron chi connectivity index (χ3n) is 24.9. The van der Waals surface area contributed by atoms with E-state index in [-0.39, 0.29) is 84.1 Å². The molecule has 638 valence electrons. The van der Waals surface area contributed by atoms with Gasteiger partial charge in [0.1, 0.15) is 60.4 Å². The largest absolute Gasteiger partial charge is 0.451 e. The highest BCUT2D eigenvalue weighted by atomic mass is 16.6. The summed E-state index contributed by atoms with van der Waals surface area (Å²) in [6, 6.07) is -12.3. The lowest BCUT2D eigenvalue weighted by atomic mass is 9.47. The lowest BCUT2D eigenvalue weighted by Gasteiger charge is -2.58. The van der Waals surface area contributed by atoms with Crippen LogP contribution in [0.3, 0.4) is 0 Å². The topological polar surface area (TPSA) is 339 Å². The molecule has 5 N–H and O–H groups in total. The summed E-state index contributed by atoms with van der Waals surface area (Å²) in [5.74, 6) is -8.68. The number of hydrogen-bond acceptors (Lipinski definition) is 16. The van der Waals surface area contributed by atoms with E-state index in [1.165, 1.54) is 106 Å². The maximum absolute atomic E-state index is 15.1. The molecule has 3 fully saturated rings. The third kappa shape index (κ3) is 22.8. The number of carbonyl (C=O) groups is 14. The Labute approximate surface area is 674 Å². The van der Waals surface area contributed by atoms with Crippen molar-refractivity contribution in [3.63, 3.8) is 0 Å². The minimum absolute atomic E-state index is 0.0160. The first kappa shape index (κ1) is 97.5. The van der Waals surface area contributed by atoms with Crippen molar-refractivity contribution in [2.45, 2.75) is 301 Å². The Morgan fingerprint density at radius 3 is 1.53 bits per heavy atom. The fourth-order valence-corrected chi connectivity index (χ4v) is 18.2. The zero-order valence-corrected chi connectivity index (χ0v) is 73.8. The lowest BCUT2D eigenvalue weighted by molar-refractivity contribution is -0.185. The lowest BCUT2D eigenvalue weighted by Crippen LogP contribution is -2.63. The Balaban J connectivity index is 0.000000789. The van der Waals surface area contributed by atoms with Gasteiger partial charge >= 0.3 is 5.97 Å². The highest BCUT2D eigenvalue weighted by Crippen LogP contribution is 2.68. The first-order valence-corrected chi connectivity index (χ1v) is 41.3. The predicted octanol–water partition coefficient (Wildman–Crippen LogP) is 7.84. The summed E-state index contributed by atoms with van der Waals surface area (Å²) >= 11 is 0. The molecule has 5 rings (SSSR count). The number of ether oxygens (including phenoxy) is 1. The minimum atomic E-state index is -1.61. The van der Waals surface area contributed by atoms with Crippen LogP contribution in [-0.4, -0.2) is 250 Å². The first-order valence-electron chi connectivity index (χ1n) is 41.3. The van der Waals surface area contributed by atoms with E-state index in [2.05, 4.69) is 48.1 Å². The SMILES string of the molecule is CC(=O)OC1(C(C)=O)CCC2C3C=C(C)C4=CC(=O)CCC4(C)C3CCC21C.CC=CCC(C)C(O)C1C(=O)NC(CC)C(=O)N(C)CC(=O)N(C)C(CC(C)C)C(=O)NC(C(C)C)C(=O)N(C)C(CC(C)C)C(=O)NC(C)C(=O)NC(C)C(=O)N(C)C(CC(C)C)C(=O)N(C)C(CC(C)C)C(=O)N(C)C(C(C)C)C(=O)N1C. The van der Waals surface area contributed by atoms with E-state index in [0.717, 1.165) is 35.5 Å². The number of nitrogens with zero attached hydrogens (tertiary/aromatic N) is 7. The number of aliphatic hydroxyl groups excluding tert-OH is 1. The highest BCUT2D eigenvalue weighted by Gasteiger charge is 2.68. The van der Waals surface area contributed by atoms with Gasteiger partial charge in [-0.25, -0.2) is 0 Å². The summed E-state index contributed by atoms with van der Waals surface area (Å²) in [4.78, 5) is 205. The van der Waals surface area contributed by atoms with Gasteiger partial charge in [0.25, 0.3) is 0 Å². The summed E-state index contributed by atoms with van der Waals surface area (Å²) in [5.41, 5.74) is 1.15. The first-order chi connectivity index (χ1) is 52.3. The van der Waals surface area contributed by atoms with Crippen LogP contribution < -0.4 is 21.3 Å². The zero-order chi connectivity index (χ0) is 86.5. The average molecular weight is 1590 g/mol. The van der Waals surface area contributed by atoms with Crippen LogP contribution >= 0.6 is 0 Å². The highest BCUT2D eigenvalue weighted by molar-refractivity contribution is 6.00. The second kappa shape index (κ2) is 41.1. The fraction of sp³-hybridized carbons (Fsp3) is 0.767. The van der Waals surface area contributed by atoms with Crippen LogP contribution in [0.25, 0.3) is 0 Å². The third-order valence-corrected chi connectivity index (χ3v) is 24.9. The van der Waals surface area contributed by atoms with E-state index in [0.29, 0.717) is 37.0 Å². The van der Waals surface area contributed by atoms with Crippen LogP contribution in [0.5, 0.6) is 0 Å². The average Bonchev–Trinajstić information content (AvgIpc) is 1.58. The maximum atomic E-state index is 15.1. The number of aliphatic hydroxyl groups is 1. The summed E-state index contributed by atoms with van der Waals surface area (Å²) in [6.07, 6.45) is 12.2. The molecule has 1 aliphatic heterocycles. The summed E-state index contributed by atoms with van der Waals surface area (Å²) in [7, 11) is 9.92. The Morgan fingerprint density at radius 1 is 0.558 bits per heavy atom. The van der Waals surface area contributed by atoms with E-state index in [4.69, 9.17) is 4.74 Å². The molecule has 18 unspecified atom stereocenters. The second-order valence-corrected chi connectivity index (χ2v) is 36.1. The molecule has 0 aromatic carbocycles. The molecule has 0 bridgehead atoms. The van der Waals surface area contributed by atoms with Crippen LogP contribution in [0.4, 0.5) is 0 Å². The zero-order valence-electron chi connectivity index (χ0n) is 73.8. The Hall–Kier alpha value is -7.84. The summed E-state index contributed by atoms with van der Waals surface area (Å²) in [6.45, 7) is 39.0. The van der Waals surface area contributed by atoms with Crippen molar-refractivity contribution in [3.05, 3.63) is 35.5 Å². The normalized spacial score (nSPS) is 31.3. The van der Waals surface area contributed by atoms with Gasteiger partial charge in [-0.15, -0.1) is 0 Å². The number of Topliss-reactive ketones (excluding diaryl/α,β-unsaturated/α-hetero) is 1. The molecule has 113 heavy (non-hydrogen) atoms. The standard InChI is InChI=1S/C62H111N11O12.C24H32O4/c1-25-27-28-40(15)52(75)51-56(79)65-43(26-2)58(81)67(18)33-48(74)68(19)44(29-34(3)4)55(78)66-49(38(11)12)61(84)69(20)45(30-35(5)6)54(77)63-41(16)53(76)64-42(17)57(80)70(21)46(31-36(7)8)59(82)71(22)47(32-37(9)10)60(83)72(23)50(39(13)14)62(85)73(51)24;1-14-12-18-19(22(4)9-6-17(27)13-21(14)22)7-10-23(5)20(18)8-11-24(23,15(2)25)28-16(3)26/h25,27,34-47,49-52,75H,26,28-33H2,1-24H3,(H,63,77)(H,64,76)(H,65,79)(H,66,78);12-13,18-20H,6-11H2,1-5H3. The van der Waals surface area contributed by atoms with E-state index in [1.807, 2.05) is 67.5 Å². The van der Waals surface area contributed by atoms with Gasteiger partial charge in [0.05, 0.1) is 12.6 Å². The molecule has 27 heteroatoms. The number of ketones is 2. The van der Waals surface area contributed by atoms with Gasteiger partial charge in [0, 0.05) is 68.1 Å². The van der Waals surface area contributed by atoms with E-state index < -0.39 is 161 Å². The quantitative estimate of drug-likeness (QED) is 0.0683. The Kier molecular flexibility index (Phi) is 35.5. The summed E-state index contributed by atoms with van der Waals surface area (Å²) in [5, 5.41) is 23.1. The Bertz CT molecular complexity index is 3550. The fourth-order valence-electron chi connectivity index (χ4n) is 18.2. The molecule has 0 spiro atoms. The molecule has 2 saturated carbocycles. The van der Waals surface area contributed by atoms with Gasteiger partial charge in [-0.05, 0) is 181 Å². The molecule has 1 saturated heterocycles. The molecular weight excluding hydrogens is 1440 g/mol. The van der Waals surface area contributed by atoms with Crippen LogP contribution in [0, 0.1) is 70.0 Å². The van der Waals surface area contributed by atoms with Crippen molar-refractivity contribution < 1.29 is 77.0 Å². The van der Waals surface area contributed by atoms with Crippen molar-refractivity contribution in [1.82, 2.24) is 55.6 Å². The number of esters is 1. The molecule has 0 aromatic rings. The van der Waals surface area contributed by atoms with Crippen molar-refractivity contribution in [2.75, 3.05) is 55.9 Å². The van der Waals surface area contributed by atoms with Gasteiger partial charge in [-0.2, -0.15) is 0 Å². The van der Waals surface area contributed by atoms with Gasteiger partial charge in [-0.1, -0.05) is 135 Å². The molecular formula is C86H143N11O16. The molecule has 4 aliphatic carbocycles. The molecule has 1 heterocycles. The van der Waals surface area contributed by atoms with E-state index in [9.17, 15) is 62.6 Å². The molecule has 0 aromatic heterocycles. The van der Waals surface area contributed by atoms with Crippen molar-refractivity contribution in [1.29, 1.82) is 0 Å². The molecule has 18 atom stereocenters. The summed E-state index contributed by atoms with van der Waals surface area (Å²) < 4.78 is 5.82. The second-order valence-electron chi connectivity index (χ2n) is 36.1. The minimum Gasteiger partial charge on any atom is -0.451 e. The number of likely N-dealkylation sites (N-methyl/N-ethyl adjacent to an activating group) is 7. The number of carbonyl (C=O) groups excluding carboxylic acids is 14. The number of rotatable bonds is 17. The number of allylic oxidation sites excluding steroid dienone is 6. The molecule has 27 nitrogen and oxygen atoms in total. The van der Waals surface area contributed by atoms with Gasteiger partial charge < -0.3 is 65.4 Å². The molecule has 11 amide bonds. The van der Waals surface area contributed by atoms with E-state index >= 15 is 9.59 Å². The van der Waals surface area contributed by atoms with Crippen LogP contribution in [-0.2, 0) is 71.9 Å². The number of amides is 11. The molecule has 0 radical (unpaired) electrons. The van der Waals surface area contributed by atoms with Gasteiger partial charge in [-0.3, -0.25) is 67.1 Å². The Morgan fingerprint density at radius 2 is 1.04 bits per heavy atom. The van der Waals surface area contributed by atoms with E-state index in [1.54, 1.807) is 61.5 Å². The smallest absolute Gasteiger partial charge is 0.303 e. The van der Waals surface area contributed by atoms with Crippen LogP contribution in [0.2, 0.25) is 0 Å². The number of nitrogens with one attached hydrogen (secondary N) is 4. The maximum Gasteiger partial charge on any atom is 0.303 e. The molecule has 5 aliphatic rings. The van der Waals surface area contributed by atoms with Crippen molar-refractivity contribution in [2.24, 2.45) is 70.0 Å². The van der Waals surface area contributed by atoms with Gasteiger partial charge in [0.15, 0.2) is 17.2 Å². The van der Waals surface area contributed by atoms with Crippen molar-refractivity contribution in [3.8, 4) is 0 Å². The van der Waals surface area contributed by atoms with Crippen LogP contribution in [0.1, 0.15) is 229 Å². The van der Waals surface area contributed by atoms with Gasteiger partial charge in [0.2, 0.25) is 65.0 Å². The number of fused-ring (bicyclic) bond motifs is 5. The predicted molar refractivity (Wildman–Crippen MR) is 435 cm³/mol.